The molecular weight excluding hydrogens is 204 g/mol. The molecule has 0 aromatic carbocycles. The number of rotatable bonds is 3. The minimum absolute atomic E-state index is 0.0354. The molecule has 0 aromatic rings. The summed E-state index contributed by atoms with van der Waals surface area (Å²) in [5.74, 6) is 2.20. The van der Waals surface area contributed by atoms with Crippen LogP contribution < -0.4 is 0 Å². The van der Waals surface area contributed by atoms with E-state index in [1.807, 2.05) is 18.7 Å². The molecular formula is C9H16O2S2. The Hall–Kier alpha value is 0.170. The van der Waals surface area contributed by atoms with Crippen LogP contribution in [0.2, 0.25) is 0 Å². The first kappa shape index (κ1) is 11.2. The first-order valence-electron chi connectivity index (χ1n) is 4.59. The van der Waals surface area contributed by atoms with Gasteiger partial charge in [0.15, 0.2) is 0 Å². The fraction of sp³-hybridized carbons (Fsp3) is 0.889. The van der Waals surface area contributed by atoms with Crippen LogP contribution in [0.5, 0.6) is 0 Å². The molecule has 4 heteroatoms. The van der Waals surface area contributed by atoms with E-state index < -0.39 is 0 Å². The molecule has 13 heavy (non-hydrogen) atoms. The van der Waals surface area contributed by atoms with Gasteiger partial charge in [-0.05, 0) is 12.8 Å². The third-order valence-corrected chi connectivity index (χ3v) is 4.70. The summed E-state index contributed by atoms with van der Waals surface area (Å²) in [4.78, 5) is 11.5. The van der Waals surface area contributed by atoms with Gasteiger partial charge in [0.2, 0.25) is 0 Å². The second-order valence-electron chi connectivity index (χ2n) is 3.27. The van der Waals surface area contributed by atoms with Crippen LogP contribution in [-0.4, -0.2) is 29.3 Å². The Kier molecular flexibility index (Phi) is 4.46. The number of thioether (sulfide) groups is 1. The highest BCUT2D eigenvalue weighted by molar-refractivity contribution is 8.00. The Bertz CT molecular complexity index is 184. The van der Waals surface area contributed by atoms with Gasteiger partial charge < -0.3 is 4.74 Å². The lowest BCUT2D eigenvalue weighted by Crippen LogP contribution is -2.26. The molecule has 0 amide bonds. The number of thiol groups is 1. The molecule has 0 aromatic heterocycles. The normalized spacial score (nSPS) is 33.3. The Morgan fingerprint density at radius 2 is 2.38 bits per heavy atom. The van der Waals surface area contributed by atoms with Crippen molar-refractivity contribution >= 4 is 30.4 Å². The summed E-state index contributed by atoms with van der Waals surface area (Å²) >= 11 is 6.10. The molecule has 0 N–H and O–H groups in total. The Labute approximate surface area is 89.2 Å². The van der Waals surface area contributed by atoms with Gasteiger partial charge in [-0.2, -0.15) is 24.4 Å². The van der Waals surface area contributed by atoms with Crippen molar-refractivity contribution in [3.8, 4) is 0 Å². The highest BCUT2D eigenvalue weighted by Crippen LogP contribution is 2.37. The van der Waals surface area contributed by atoms with Crippen molar-refractivity contribution in [3.05, 3.63) is 0 Å². The maximum atomic E-state index is 11.5. The highest BCUT2D eigenvalue weighted by atomic mass is 32.2. The highest BCUT2D eigenvalue weighted by Gasteiger charge is 2.37. The second kappa shape index (κ2) is 5.15. The molecule has 2 nitrogen and oxygen atoms in total. The van der Waals surface area contributed by atoms with Crippen LogP contribution in [-0.2, 0) is 9.53 Å². The Balaban J connectivity index is 2.48. The van der Waals surface area contributed by atoms with Gasteiger partial charge in [0, 0.05) is 16.8 Å². The molecule has 1 aliphatic rings. The van der Waals surface area contributed by atoms with Crippen molar-refractivity contribution in [2.75, 3.05) is 18.1 Å². The summed E-state index contributed by atoms with van der Waals surface area (Å²) in [6, 6.07) is 0. The minimum Gasteiger partial charge on any atom is -0.466 e. The van der Waals surface area contributed by atoms with Gasteiger partial charge in [0.25, 0.3) is 0 Å². The smallest absolute Gasteiger partial charge is 0.310 e. The summed E-state index contributed by atoms with van der Waals surface area (Å²) in [5, 5.41) is 0.512. The zero-order valence-corrected chi connectivity index (χ0v) is 9.74. The summed E-state index contributed by atoms with van der Waals surface area (Å²) in [5.41, 5.74) is 0. The van der Waals surface area contributed by atoms with Gasteiger partial charge in [0.1, 0.15) is 0 Å². The van der Waals surface area contributed by atoms with Gasteiger partial charge in [-0.15, -0.1) is 0 Å². The molecule has 1 saturated heterocycles. The topological polar surface area (TPSA) is 26.3 Å². The van der Waals surface area contributed by atoms with E-state index in [1.165, 1.54) is 0 Å². The lowest BCUT2D eigenvalue weighted by atomic mass is 9.94. The largest absolute Gasteiger partial charge is 0.466 e. The van der Waals surface area contributed by atoms with Gasteiger partial charge in [-0.25, -0.2) is 0 Å². The SMILES string of the molecule is CCOC(=O)C1CS[C@@H](CS)[C@@H]1C. The summed E-state index contributed by atoms with van der Waals surface area (Å²) in [6.07, 6.45) is 0. The van der Waals surface area contributed by atoms with Gasteiger partial charge >= 0.3 is 5.97 Å². The minimum atomic E-state index is -0.0354. The first-order valence-corrected chi connectivity index (χ1v) is 6.28. The second-order valence-corrected chi connectivity index (χ2v) is 4.91. The summed E-state index contributed by atoms with van der Waals surface area (Å²) < 4.78 is 5.01. The number of ether oxygens (including phenoxy) is 1. The maximum Gasteiger partial charge on any atom is 0.310 e. The van der Waals surface area contributed by atoms with Crippen LogP contribution in [0.1, 0.15) is 13.8 Å². The van der Waals surface area contributed by atoms with E-state index in [0.717, 1.165) is 11.5 Å². The van der Waals surface area contributed by atoms with E-state index in [-0.39, 0.29) is 11.9 Å². The molecule has 0 bridgehead atoms. The van der Waals surface area contributed by atoms with Crippen molar-refractivity contribution in [2.24, 2.45) is 11.8 Å². The Morgan fingerprint density at radius 1 is 1.69 bits per heavy atom. The third-order valence-electron chi connectivity index (χ3n) is 2.48. The van der Waals surface area contributed by atoms with Gasteiger partial charge in [0.05, 0.1) is 12.5 Å². The van der Waals surface area contributed by atoms with E-state index in [2.05, 4.69) is 19.6 Å². The number of hydrogen-bond acceptors (Lipinski definition) is 4. The molecule has 76 valence electrons. The molecule has 1 fully saturated rings. The molecule has 1 aliphatic heterocycles. The molecule has 0 aliphatic carbocycles. The summed E-state index contributed by atoms with van der Waals surface area (Å²) in [7, 11) is 0. The molecule has 0 radical (unpaired) electrons. The zero-order valence-electron chi connectivity index (χ0n) is 8.03. The quantitative estimate of drug-likeness (QED) is 0.581. The average Bonchev–Trinajstić information content (AvgIpc) is 2.47. The van der Waals surface area contributed by atoms with Gasteiger partial charge in [-0.3, -0.25) is 4.79 Å². The Morgan fingerprint density at radius 3 is 2.85 bits per heavy atom. The predicted octanol–water partition coefficient (Wildman–Crippen LogP) is 1.85. The van der Waals surface area contributed by atoms with Crippen molar-refractivity contribution in [2.45, 2.75) is 19.1 Å². The number of carbonyl (C=O) groups is 1. The lowest BCUT2D eigenvalue weighted by Gasteiger charge is -2.16. The van der Waals surface area contributed by atoms with Crippen molar-refractivity contribution < 1.29 is 9.53 Å². The van der Waals surface area contributed by atoms with Crippen LogP contribution in [0.25, 0.3) is 0 Å². The average molecular weight is 220 g/mol. The fourth-order valence-electron chi connectivity index (χ4n) is 1.54. The standard InChI is InChI=1S/C9H16O2S2/c1-3-11-9(10)7-5-13-8(4-12)6(7)2/h6-8,12H,3-5H2,1-2H3/t6-,7?,8+/m1/s1. The monoisotopic (exact) mass is 220 g/mol. The van der Waals surface area contributed by atoms with E-state index in [4.69, 9.17) is 4.74 Å². The first-order chi connectivity index (χ1) is 6.20. The van der Waals surface area contributed by atoms with Gasteiger partial charge in [-0.1, -0.05) is 6.92 Å². The molecule has 1 unspecified atom stereocenters. The van der Waals surface area contributed by atoms with Crippen molar-refractivity contribution in [1.82, 2.24) is 0 Å². The third kappa shape index (κ3) is 2.56. The van der Waals surface area contributed by atoms with E-state index >= 15 is 0 Å². The lowest BCUT2D eigenvalue weighted by molar-refractivity contribution is -0.148. The van der Waals surface area contributed by atoms with E-state index in [0.29, 0.717) is 17.8 Å². The molecule has 1 heterocycles. The molecule has 0 spiro atoms. The van der Waals surface area contributed by atoms with Crippen LogP contribution >= 0.6 is 24.4 Å². The van der Waals surface area contributed by atoms with E-state index in [9.17, 15) is 4.79 Å². The van der Waals surface area contributed by atoms with Crippen LogP contribution in [0.4, 0.5) is 0 Å². The van der Waals surface area contributed by atoms with Crippen LogP contribution in [0.15, 0.2) is 0 Å². The fourth-order valence-corrected chi connectivity index (χ4v) is 3.68. The molecule has 0 saturated carbocycles. The zero-order chi connectivity index (χ0) is 9.84. The van der Waals surface area contributed by atoms with Crippen molar-refractivity contribution in [3.63, 3.8) is 0 Å². The number of carbonyl (C=O) groups excluding carboxylic acids is 1. The van der Waals surface area contributed by atoms with E-state index in [1.54, 1.807) is 0 Å². The van der Waals surface area contributed by atoms with Crippen molar-refractivity contribution in [1.29, 1.82) is 0 Å². The van der Waals surface area contributed by atoms with Crippen LogP contribution in [0, 0.1) is 11.8 Å². The van der Waals surface area contributed by atoms with Crippen LogP contribution in [0.3, 0.4) is 0 Å². The number of esters is 1. The molecule has 3 atom stereocenters. The maximum absolute atomic E-state index is 11.5. The molecule has 1 rings (SSSR count). The summed E-state index contributed by atoms with van der Waals surface area (Å²) in [6.45, 7) is 4.45. The predicted molar refractivity (Wildman–Crippen MR) is 59.4 cm³/mol. The number of hydrogen-bond donors (Lipinski definition) is 1.